The first-order valence-electron chi connectivity index (χ1n) is 7.94. The van der Waals surface area contributed by atoms with Crippen LogP contribution in [0.2, 0.25) is 5.02 Å². The smallest absolute Gasteiger partial charge is 0.417 e. The Kier molecular flexibility index (Phi) is 5.70. The number of anilines is 2. The number of aromatic nitrogens is 1. The summed E-state index contributed by atoms with van der Waals surface area (Å²) in [4.78, 5) is 15.9. The highest BCUT2D eigenvalue weighted by molar-refractivity contribution is 6.31. The molecule has 2 amide bonds. The fraction of sp³-hybridized carbons (Fsp3) is 0.0526. The van der Waals surface area contributed by atoms with E-state index in [2.05, 4.69) is 15.6 Å². The Morgan fingerprint density at radius 1 is 0.893 bits per heavy atom. The van der Waals surface area contributed by atoms with E-state index in [1.54, 1.807) is 48.8 Å². The number of ether oxygens (including phenoxy) is 1. The zero-order chi connectivity index (χ0) is 20.1. The maximum Gasteiger partial charge on any atom is 0.417 e. The molecule has 3 rings (SSSR count). The van der Waals surface area contributed by atoms with E-state index >= 15 is 0 Å². The Morgan fingerprint density at radius 3 is 2.11 bits per heavy atom. The van der Waals surface area contributed by atoms with Gasteiger partial charge in [-0.15, -0.1) is 0 Å². The molecule has 9 heteroatoms. The minimum atomic E-state index is -4.62. The van der Waals surface area contributed by atoms with Crippen molar-refractivity contribution < 1.29 is 22.7 Å². The molecule has 5 nitrogen and oxygen atoms in total. The molecule has 0 atom stereocenters. The van der Waals surface area contributed by atoms with E-state index in [4.69, 9.17) is 16.3 Å². The molecule has 28 heavy (non-hydrogen) atoms. The van der Waals surface area contributed by atoms with Gasteiger partial charge < -0.3 is 15.4 Å². The molecule has 0 aliphatic rings. The van der Waals surface area contributed by atoms with Crippen LogP contribution in [0.4, 0.5) is 29.3 Å². The lowest BCUT2D eigenvalue weighted by Gasteiger charge is -2.12. The number of amides is 2. The van der Waals surface area contributed by atoms with Crippen LogP contribution in [0.3, 0.4) is 0 Å². The third-order valence-corrected chi connectivity index (χ3v) is 3.86. The van der Waals surface area contributed by atoms with Gasteiger partial charge in [-0.05, 0) is 54.6 Å². The van der Waals surface area contributed by atoms with E-state index in [1.165, 1.54) is 6.07 Å². The van der Waals surface area contributed by atoms with Crippen LogP contribution in [0.1, 0.15) is 5.56 Å². The first-order chi connectivity index (χ1) is 13.3. The van der Waals surface area contributed by atoms with Gasteiger partial charge >= 0.3 is 12.2 Å². The molecule has 0 saturated carbocycles. The molecular weight excluding hydrogens is 395 g/mol. The second-order valence-electron chi connectivity index (χ2n) is 5.58. The van der Waals surface area contributed by atoms with Crippen LogP contribution in [-0.2, 0) is 6.18 Å². The van der Waals surface area contributed by atoms with Gasteiger partial charge in [0.2, 0.25) is 0 Å². The Bertz CT molecular complexity index is 964. The molecule has 0 radical (unpaired) electrons. The SMILES string of the molecule is O=C(Nc1ccc(Oc2ccncc2)cc1)Nc1ccc(Cl)c(C(F)(F)F)c1. The van der Waals surface area contributed by atoms with E-state index in [9.17, 15) is 18.0 Å². The molecule has 2 aromatic carbocycles. The first-order valence-corrected chi connectivity index (χ1v) is 8.32. The maximum atomic E-state index is 12.9. The molecule has 144 valence electrons. The van der Waals surface area contributed by atoms with Crippen molar-refractivity contribution in [3.8, 4) is 11.5 Å². The summed E-state index contributed by atoms with van der Waals surface area (Å²) in [5.74, 6) is 1.15. The quantitative estimate of drug-likeness (QED) is 0.542. The van der Waals surface area contributed by atoms with Crippen LogP contribution in [0.5, 0.6) is 11.5 Å². The van der Waals surface area contributed by atoms with Crippen LogP contribution in [0.25, 0.3) is 0 Å². The second-order valence-corrected chi connectivity index (χ2v) is 5.99. The molecular formula is C19H13ClF3N3O2. The standard InChI is InChI=1S/C19H13ClF3N3O2/c20-17-6-3-13(11-16(17)19(21,22)23)26-18(27)25-12-1-4-14(5-2-12)28-15-7-9-24-10-8-15/h1-11H,(H2,25,26,27). The lowest BCUT2D eigenvalue weighted by molar-refractivity contribution is -0.137. The highest BCUT2D eigenvalue weighted by Crippen LogP contribution is 2.36. The number of carbonyl (C=O) groups is 1. The highest BCUT2D eigenvalue weighted by Gasteiger charge is 2.33. The van der Waals surface area contributed by atoms with Gasteiger partial charge in [-0.3, -0.25) is 4.98 Å². The number of nitrogens with one attached hydrogen (secondary N) is 2. The largest absolute Gasteiger partial charge is 0.457 e. The summed E-state index contributed by atoms with van der Waals surface area (Å²) in [5.41, 5.74) is -0.624. The Hall–Kier alpha value is -3.26. The van der Waals surface area contributed by atoms with Gasteiger partial charge in [-0.25, -0.2) is 4.79 Å². The molecule has 1 aromatic heterocycles. The number of alkyl halides is 3. The van der Waals surface area contributed by atoms with Crippen LogP contribution >= 0.6 is 11.6 Å². The van der Waals surface area contributed by atoms with Crippen LogP contribution in [-0.4, -0.2) is 11.0 Å². The second kappa shape index (κ2) is 8.18. The number of benzene rings is 2. The molecule has 0 fully saturated rings. The lowest BCUT2D eigenvalue weighted by Crippen LogP contribution is -2.19. The minimum absolute atomic E-state index is 0.0353. The molecule has 0 saturated heterocycles. The predicted molar refractivity (Wildman–Crippen MR) is 99.8 cm³/mol. The molecule has 2 N–H and O–H groups in total. The summed E-state index contributed by atoms with van der Waals surface area (Å²) in [6, 6.07) is 12.3. The van der Waals surface area contributed by atoms with E-state index in [-0.39, 0.29) is 5.69 Å². The number of carbonyl (C=O) groups excluding carboxylic acids is 1. The van der Waals surface area contributed by atoms with Gasteiger partial charge in [-0.1, -0.05) is 11.6 Å². The van der Waals surface area contributed by atoms with Gasteiger partial charge in [0.15, 0.2) is 0 Å². The van der Waals surface area contributed by atoms with Crippen LogP contribution < -0.4 is 15.4 Å². The number of urea groups is 1. The van der Waals surface area contributed by atoms with Crippen LogP contribution in [0, 0.1) is 0 Å². The predicted octanol–water partition coefficient (Wildman–Crippen LogP) is 6.19. The van der Waals surface area contributed by atoms with Crippen LogP contribution in [0.15, 0.2) is 67.0 Å². The zero-order valence-electron chi connectivity index (χ0n) is 14.1. The van der Waals surface area contributed by atoms with Crippen molar-refractivity contribution in [1.29, 1.82) is 0 Å². The summed E-state index contributed by atoms with van der Waals surface area (Å²) in [5, 5.41) is 4.42. The average Bonchev–Trinajstić information content (AvgIpc) is 2.65. The van der Waals surface area contributed by atoms with Crippen molar-refractivity contribution in [2.45, 2.75) is 6.18 Å². The normalized spacial score (nSPS) is 11.0. The number of hydrogen-bond acceptors (Lipinski definition) is 3. The van der Waals surface area contributed by atoms with Crippen molar-refractivity contribution >= 4 is 29.0 Å². The third-order valence-electron chi connectivity index (χ3n) is 3.53. The highest BCUT2D eigenvalue weighted by atomic mass is 35.5. The third kappa shape index (κ3) is 5.14. The van der Waals surface area contributed by atoms with Crippen molar-refractivity contribution in [2.75, 3.05) is 10.6 Å². The first kappa shape index (κ1) is 19.5. The average molecular weight is 408 g/mol. The fourth-order valence-corrected chi connectivity index (χ4v) is 2.49. The Labute approximate surface area is 163 Å². The van der Waals surface area contributed by atoms with Gasteiger partial charge in [-0.2, -0.15) is 13.2 Å². The molecule has 3 aromatic rings. The van der Waals surface area contributed by atoms with Gasteiger partial charge in [0, 0.05) is 23.8 Å². The van der Waals surface area contributed by atoms with E-state index < -0.39 is 22.8 Å². The van der Waals surface area contributed by atoms with Crippen molar-refractivity contribution in [3.05, 3.63) is 77.6 Å². The number of halogens is 4. The molecule has 0 bridgehead atoms. The van der Waals surface area contributed by atoms with E-state index in [0.29, 0.717) is 17.2 Å². The van der Waals surface area contributed by atoms with Gasteiger partial charge in [0.1, 0.15) is 11.5 Å². The Balaban J connectivity index is 1.62. The zero-order valence-corrected chi connectivity index (χ0v) is 14.9. The van der Waals surface area contributed by atoms with Gasteiger partial charge in [0.05, 0.1) is 10.6 Å². The minimum Gasteiger partial charge on any atom is -0.457 e. The van der Waals surface area contributed by atoms with Crippen molar-refractivity contribution in [2.24, 2.45) is 0 Å². The van der Waals surface area contributed by atoms with E-state index in [1.807, 2.05) is 0 Å². The number of nitrogens with zero attached hydrogens (tertiary/aromatic N) is 1. The summed E-state index contributed by atoms with van der Waals surface area (Å²) in [6.07, 6.45) is -1.43. The summed E-state index contributed by atoms with van der Waals surface area (Å²) in [7, 11) is 0. The number of rotatable bonds is 4. The van der Waals surface area contributed by atoms with Crippen molar-refractivity contribution in [1.82, 2.24) is 4.98 Å². The molecule has 1 heterocycles. The summed E-state index contributed by atoms with van der Waals surface area (Å²) < 4.78 is 44.2. The monoisotopic (exact) mass is 407 g/mol. The molecule has 0 aliphatic carbocycles. The van der Waals surface area contributed by atoms with E-state index in [0.717, 1.165) is 12.1 Å². The summed E-state index contributed by atoms with van der Waals surface area (Å²) >= 11 is 5.56. The molecule has 0 unspecified atom stereocenters. The number of hydrogen-bond donors (Lipinski definition) is 2. The fourth-order valence-electron chi connectivity index (χ4n) is 2.26. The Morgan fingerprint density at radius 2 is 1.46 bits per heavy atom. The maximum absolute atomic E-state index is 12.9. The summed E-state index contributed by atoms with van der Waals surface area (Å²) in [6.45, 7) is 0. The van der Waals surface area contributed by atoms with Crippen molar-refractivity contribution in [3.63, 3.8) is 0 Å². The molecule has 0 aliphatic heterocycles. The van der Waals surface area contributed by atoms with Gasteiger partial charge in [0.25, 0.3) is 0 Å². The topological polar surface area (TPSA) is 63.2 Å². The molecule has 0 spiro atoms. The lowest BCUT2D eigenvalue weighted by atomic mass is 10.2. The number of pyridine rings is 1.